The van der Waals surface area contributed by atoms with Gasteiger partial charge in [0.05, 0.1) is 5.56 Å². The molecule has 3 rings (SSSR count). The monoisotopic (exact) mass is 444 g/mol. The predicted octanol–water partition coefficient (Wildman–Crippen LogP) is 4.64. The first kappa shape index (κ1) is 22.8. The molecule has 164 valence electrons. The van der Waals surface area contributed by atoms with E-state index in [9.17, 15) is 18.3 Å². The molecule has 1 unspecified atom stereocenters. The van der Waals surface area contributed by atoms with E-state index in [1.165, 1.54) is 18.2 Å². The van der Waals surface area contributed by atoms with Crippen LogP contribution in [0.4, 0.5) is 23.2 Å². The standard InChI is InChI=1S/C22H25ClF4N2O/c23-21(24,9-7-16-3-1-2-4-19(16)22(25,26)27)18-5-6-20(17(15-18)8-14-30)29-12-10-28-11-13-29/h1-6,15,28,30H,7-14H2. The van der Waals surface area contributed by atoms with Crippen molar-refractivity contribution in [3.05, 3.63) is 64.7 Å². The minimum atomic E-state index is -4.50. The minimum Gasteiger partial charge on any atom is -0.396 e. The number of anilines is 1. The van der Waals surface area contributed by atoms with Crippen molar-refractivity contribution in [2.45, 2.75) is 30.6 Å². The molecule has 0 radical (unpaired) electrons. The van der Waals surface area contributed by atoms with Crippen LogP contribution in [0.2, 0.25) is 0 Å². The molecule has 3 nitrogen and oxygen atoms in total. The van der Waals surface area contributed by atoms with E-state index >= 15 is 4.39 Å². The summed E-state index contributed by atoms with van der Waals surface area (Å²) in [4.78, 5) is 2.17. The highest BCUT2D eigenvalue weighted by atomic mass is 35.5. The number of aliphatic hydroxyl groups excluding tert-OH is 1. The average molecular weight is 445 g/mol. The molecule has 1 fully saturated rings. The zero-order valence-electron chi connectivity index (χ0n) is 16.5. The van der Waals surface area contributed by atoms with Gasteiger partial charge in [0, 0.05) is 50.5 Å². The quantitative estimate of drug-likeness (QED) is 0.482. The van der Waals surface area contributed by atoms with E-state index in [-0.39, 0.29) is 30.6 Å². The number of nitrogens with one attached hydrogen (secondary N) is 1. The fourth-order valence-corrected chi connectivity index (χ4v) is 4.01. The number of nitrogens with zero attached hydrogens (tertiary/aromatic N) is 1. The third kappa shape index (κ3) is 5.45. The maximum Gasteiger partial charge on any atom is 0.416 e. The molecule has 2 aromatic carbocycles. The minimum absolute atomic E-state index is 0.0145. The van der Waals surface area contributed by atoms with Crippen LogP contribution >= 0.6 is 11.6 Å². The summed E-state index contributed by atoms with van der Waals surface area (Å²) < 4.78 is 54.9. The van der Waals surface area contributed by atoms with Crippen LogP contribution in [0.5, 0.6) is 0 Å². The summed E-state index contributed by atoms with van der Waals surface area (Å²) in [5.41, 5.74) is 1.13. The number of piperazine rings is 1. The summed E-state index contributed by atoms with van der Waals surface area (Å²) in [5, 5.41) is 10.4. The van der Waals surface area contributed by atoms with Crippen LogP contribution in [-0.4, -0.2) is 37.9 Å². The SMILES string of the molecule is OCCc1cc(C(F)(Cl)CCc2ccccc2C(F)(F)F)ccc1N1CCNCC1. The second kappa shape index (κ2) is 9.54. The lowest BCUT2D eigenvalue weighted by Gasteiger charge is -2.32. The average Bonchev–Trinajstić information content (AvgIpc) is 2.73. The van der Waals surface area contributed by atoms with Gasteiger partial charge in [-0.2, -0.15) is 13.2 Å². The maximum atomic E-state index is 15.3. The van der Waals surface area contributed by atoms with Crippen molar-refractivity contribution in [3.8, 4) is 0 Å². The van der Waals surface area contributed by atoms with Crippen LogP contribution < -0.4 is 10.2 Å². The molecule has 0 spiro atoms. The normalized spacial score (nSPS) is 17.1. The number of rotatable bonds is 7. The lowest BCUT2D eigenvalue weighted by Crippen LogP contribution is -2.44. The van der Waals surface area contributed by atoms with Crippen molar-refractivity contribution < 1.29 is 22.7 Å². The van der Waals surface area contributed by atoms with Crippen molar-refractivity contribution in [1.29, 1.82) is 0 Å². The van der Waals surface area contributed by atoms with E-state index in [1.807, 2.05) is 0 Å². The molecule has 0 aromatic heterocycles. The second-order valence-corrected chi connectivity index (χ2v) is 8.01. The van der Waals surface area contributed by atoms with Gasteiger partial charge >= 0.3 is 6.18 Å². The van der Waals surface area contributed by atoms with Crippen LogP contribution in [0.1, 0.15) is 28.7 Å². The first-order valence-corrected chi connectivity index (χ1v) is 10.3. The molecular formula is C22H25ClF4N2O. The molecule has 1 saturated heterocycles. The van der Waals surface area contributed by atoms with Crippen LogP contribution in [-0.2, 0) is 24.1 Å². The highest BCUT2D eigenvalue weighted by molar-refractivity contribution is 6.22. The zero-order chi connectivity index (χ0) is 21.8. The lowest BCUT2D eigenvalue weighted by molar-refractivity contribution is -0.138. The molecule has 30 heavy (non-hydrogen) atoms. The second-order valence-electron chi connectivity index (χ2n) is 7.41. The maximum absolute atomic E-state index is 15.3. The Kier molecular flexibility index (Phi) is 7.26. The van der Waals surface area contributed by atoms with Crippen LogP contribution in [0, 0.1) is 0 Å². The summed E-state index contributed by atoms with van der Waals surface area (Å²) in [7, 11) is 0. The molecule has 2 aromatic rings. The Morgan fingerprint density at radius 1 is 0.967 bits per heavy atom. The van der Waals surface area contributed by atoms with Crippen LogP contribution in [0.3, 0.4) is 0 Å². The van der Waals surface area contributed by atoms with Crippen molar-refractivity contribution in [3.63, 3.8) is 0 Å². The van der Waals surface area contributed by atoms with Crippen LogP contribution in [0.25, 0.3) is 0 Å². The zero-order valence-corrected chi connectivity index (χ0v) is 17.2. The molecule has 0 saturated carbocycles. The number of halogens is 5. The molecule has 0 amide bonds. The van der Waals surface area contributed by atoms with E-state index in [2.05, 4.69) is 10.2 Å². The predicted molar refractivity (Wildman–Crippen MR) is 111 cm³/mol. The van der Waals surface area contributed by atoms with Gasteiger partial charge in [-0.25, -0.2) is 4.39 Å². The number of aliphatic hydroxyl groups is 1. The lowest BCUT2D eigenvalue weighted by atomic mass is 9.96. The molecular weight excluding hydrogens is 420 g/mol. The Labute approximate surface area is 178 Å². The van der Waals surface area contributed by atoms with Gasteiger partial charge in [0.25, 0.3) is 0 Å². The van der Waals surface area contributed by atoms with Gasteiger partial charge < -0.3 is 15.3 Å². The molecule has 1 atom stereocenters. The van der Waals surface area contributed by atoms with Crippen LogP contribution in [0.15, 0.2) is 42.5 Å². The first-order valence-electron chi connectivity index (χ1n) is 9.95. The van der Waals surface area contributed by atoms with E-state index in [4.69, 9.17) is 11.6 Å². The molecule has 1 aliphatic rings. The third-order valence-electron chi connectivity index (χ3n) is 5.37. The van der Waals surface area contributed by atoms with E-state index < -0.39 is 16.9 Å². The fourth-order valence-electron chi connectivity index (χ4n) is 3.80. The fraction of sp³-hybridized carbons (Fsp3) is 0.455. The summed E-state index contributed by atoms with van der Waals surface area (Å²) in [6.45, 7) is 3.17. The summed E-state index contributed by atoms with van der Waals surface area (Å²) in [6.07, 6.45) is -4.60. The van der Waals surface area contributed by atoms with Gasteiger partial charge in [0.1, 0.15) is 0 Å². The van der Waals surface area contributed by atoms with Gasteiger partial charge in [-0.15, -0.1) is 0 Å². The Morgan fingerprint density at radius 3 is 2.33 bits per heavy atom. The number of hydrogen-bond donors (Lipinski definition) is 2. The number of hydrogen-bond acceptors (Lipinski definition) is 3. The van der Waals surface area contributed by atoms with E-state index in [1.54, 1.807) is 18.2 Å². The molecule has 1 aliphatic heterocycles. The van der Waals surface area contributed by atoms with Gasteiger partial charge in [-0.1, -0.05) is 35.9 Å². The topological polar surface area (TPSA) is 35.5 Å². The Hall–Kier alpha value is -1.83. The van der Waals surface area contributed by atoms with Crippen molar-refractivity contribution in [2.75, 3.05) is 37.7 Å². The molecule has 0 bridgehead atoms. The Balaban J connectivity index is 1.81. The molecule has 2 N–H and O–H groups in total. The largest absolute Gasteiger partial charge is 0.416 e. The summed E-state index contributed by atoms with van der Waals surface area (Å²) in [5.74, 6) is 0. The molecule has 8 heteroatoms. The molecule has 0 aliphatic carbocycles. The summed E-state index contributed by atoms with van der Waals surface area (Å²) >= 11 is 6.15. The van der Waals surface area contributed by atoms with Gasteiger partial charge in [0.15, 0.2) is 0 Å². The highest BCUT2D eigenvalue weighted by Crippen LogP contribution is 2.40. The highest BCUT2D eigenvalue weighted by Gasteiger charge is 2.35. The first-order chi connectivity index (χ1) is 14.2. The van der Waals surface area contributed by atoms with Crippen molar-refractivity contribution in [1.82, 2.24) is 5.32 Å². The number of alkyl halides is 5. The van der Waals surface area contributed by atoms with Gasteiger partial charge in [-0.05, 0) is 42.2 Å². The molecule has 1 heterocycles. The number of benzene rings is 2. The van der Waals surface area contributed by atoms with E-state index in [0.29, 0.717) is 6.42 Å². The van der Waals surface area contributed by atoms with Gasteiger partial charge in [0.2, 0.25) is 5.13 Å². The Morgan fingerprint density at radius 2 is 1.67 bits per heavy atom. The summed E-state index contributed by atoms with van der Waals surface area (Å²) in [6, 6.07) is 10.1. The van der Waals surface area contributed by atoms with E-state index in [0.717, 1.165) is 43.5 Å². The number of aryl methyl sites for hydroxylation is 1. The smallest absolute Gasteiger partial charge is 0.396 e. The van der Waals surface area contributed by atoms with Crippen molar-refractivity contribution >= 4 is 17.3 Å². The Bertz CT molecular complexity index is 851. The third-order valence-corrected chi connectivity index (χ3v) is 5.78. The van der Waals surface area contributed by atoms with Crippen molar-refractivity contribution in [2.24, 2.45) is 0 Å². The van der Waals surface area contributed by atoms with Gasteiger partial charge in [-0.3, -0.25) is 0 Å².